The predicted molar refractivity (Wildman–Crippen MR) is 127 cm³/mol. The molecule has 0 atom stereocenters. The second kappa shape index (κ2) is 12.2. The Labute approximate surface area is 195 Å². The smallest absolute Gasteiger partial charge is 0.164 e. The summed E-state index contributed by atoms with van der Waals surface area (Å²) in [5.41, 5.74) is 0.358. The lowest BCUT2D eigenvalue weighted by Gasteiger charge is -2.30. The Hall–Kier alpha value is -2.36. The molecule has 9 heteroatoms. The fourth-order valence-electron chi connectivity index (χ4n) is 4.49. The number of hydrogen-bond donors (Lipinski definition) is 3. The van der Waals surface area contributed by atoms with Gasteiger partial charge in [0.15, 0.2) is 11.6 Å². The number of nitrogens with one attached hydrogen (secondary N) is 3. The normalized spacial score (nSPS) is 21.6. The summed E-state index contributed by atoms with van der Waals surface area (Å²) >= 11 is 0. The van der Waals surface area contributed by atoms with Crippen LogP contribution >= 0.6 is 0 Å². The number of rotatable bonds is 10. The molecule has 0 radical (unpaired) electrons. The van der Waals surface area contributed by atoms with Crippen LogP contribution in [0, 0.1) is 11.7 Å². The highest BCUT2D eigenvalue weighted by molar-refractivity contribution is 5.61. The number of anilines is 2. The van der Waals surface area contributed by atoms with Gasteiger partial charge in [-0.25, -0.2) is 19.3 Å². The molecule has 8 nitrogen and oxygen atoms in total. The number of halogens is 1. The van der Waals surface area contributed by atoms with Crippen molar-refractivity contribution in [2.75, 3.05) is 50.7 Å². The molecular weight excluding hydrogens is 423 g/mol. The Morgan fingerprint density at radius 2 is 1.85 bits per heavy atom. The van der Waals surface area contributed by atoms with E-state index in [0.29, 0.717) is 41.0 Å². The van der Waals surface area contributed by atoms with Gasteiger partial charge in [-0.2, -0.15) is 0 Å². The number of nitrogens with zero attached hydrogens (tertiary/aromatic N) is 3. The molecule has 0 amide bonds. The van der Waals surface area contributed by atoms with Gasteiger partial charge >= 0.3 is 0 Å². The Kier molecular flexibility index (Phi) is 8.79. The molecule has 1 saturated carbocycles. The molecule has 1 saturated heterocycles. The lowest BCUT2D eigenvalue weighted by Crippen LogP contribution is -2.38. The quantitative estimate of drug-likeness (QED) is 0.466. The van der Waals surface area contributed by atoms with E-state index in [9.17, 15) is 4.39 Å². The second-order valence-corrected chi connectivity index (χ2v) is 8.89. The summed E-state index contributed by atoms with van der Waals surface area (Å²) in [5, 5.41) is 10.4. The molecule has 1 aliphatic heterocycles. The van der Waals surface area contributed by atoms with Gasteiger partial charge in [0.05, 0.1) is 18.4 Å². The molecule has 2 aliphatic rings. The number of ether oxygens (including phenoxy) is 2. The summed E-state index contributed by atoms with van der Waals surface area (Å²) in [6, 6.07) is 4.39. The van der Waals surface area contributed by atoms with Gasteiger partial charge in [-0.05, 0) is 56.6 Å². The largest absolute Gasteiger partial charge is 0.383 e. The Morgan fingerprint density at radius 3 is 2.64 bits per heavy atom. The van der Waals surface area contributed by atoms with E-state index in [-0.39, 0.29) is 0 Å². The number of hydrogen-bond acceptors (Lipinski definition) is 8. The van der Waals surface area contributed by atoms with Crippen LogP contribution in [-0.4, -0.2) is 67.1 Å². The van der Waals surface area contributed by atoms with E-state index in [1.165, 1.54) is 6.20 Å². The van der Waals surface area contributed by atoms with E-state index in [4.69, 9.17) is 9.47 Å². The van der Waals surface area contributed by atoms with Gasteiger partial charge in [0.25, 0.3) is 0 Å². The van der Waals surface area contributed by atoms with Crippen LogP contribution in [0.2, 0.25) is 0 Å². The van der Waals surface area contributed by atoms with Gasteiger partial charge in [0.1, 0.15) is 11.6 Å². The zero-order chi connectivity index (χ0) is 22.9. The first kappa shape index (κ1) is 23.8. The Bertz CT molecular complexity index is 872. The molecular formula is C24H35FN6O2. The van der Waals surface area contributed by atoms with Gasteiger partial charge in [-0.3, -0.25) is 0 Å². The average Bonchev–Trinajstić information content (AvgIpc) is 2.86. The highest BCUT2D eigenvalue weighted by atomic mass is 19.1. The van der Waals surface area contributed by atoms with Crippen molar-refractivity contribution in [2.45, 2.75) is 50.6 Å². The molecule has 0 bridgehead atoms. The van der Waals surface area contributed by atoms with E-state index >= 15 is 0 Å². The fraction of sp³-hybridized carbons (Fsp3) is 0.625. The third-order valence-electron chi connectivity index (χ3n) is 6.48. The van der Waals surface area contributed by atoms with Crippen LogP contribution in [0.5, 0.6) is 0 Å². The SMILES string of the molecule is COCCNC1CCC(Nc2cc(-c3nccc(NCC4CCOCC4)n3)c(F)cn2)CC1. The third-order valence-corrected chi connectivity index (χ3v) is 6.48. The Balaban J connectivity index is 1.34. The summed E-state index contributed by atoms with van der Waals surface area (Å²) in [5.74, 6) is 1.87. The zero-order valence-electron chi connectivity index (χ0n) is 19.4. The first-order chi connectivity index (χ1) is 16.2. The summed E-state index contributed by atoms with van der Waals surface area (Å²) in [4.78, 5) is 13.1. The summed E-state index contributed by atoms with van der Waals surface area (Å²) in [7, 11) is 1.72. The summed E-state index contributed by atoms with van der Waals surface area (Å²) in [6.45, 7) is 4.06. The molecule has 3 heterocycles. The molecule has 1 aliphatic carbocycles. The molecule has 4 rings (SSSR count). The summed E-state index contributed by atoms with van der Waals surface area (Å²) in [6.07, 6.45) is 9.29. The molecule has 0 spiro atoms. The highest BCUT2D eigenvalue weighted by Gasteiger charge is 2.21. The zero-order valence-corrected chi connectivity index (χ0v) is 19.4. The topological polar surface area (TPSA) is 93.2 Å². The third kappa shape index (κ3) is 7.06. The predicted octanol–water partition coefficient (Wildman–Crippen LogP) is 3.48. The van der Waals surface area contributed by atoms with Crippen molar-refractivity contribution in [1.82, 2.24) is 20.3 Å². The van der Waals surface area contributed by atoms with Crippen molar-refractivity contribution in [2.24, 2.45) is 5.92 Å². The molecule has 0 unspecified atom stereocenters. The van der Waals surface area contributed by atoms with E-state index in [1.807, 2.05) is 6.07 Å². The fourth-order valence-corrected chi connectivity index (χ4v) is 4.49. The number of aromatic nitrogens is 3. The number of pyridine rings is 1. The second-order valence-electron chi connectivity index (χ2n) is 8.89. The van der Waals surface area contributed by atoms with Crippen LogP contribution in [0.25, 0.3) is 11.4 Å². The molecule has 0 aromatic carbocycles. The Morgan fingerprint density at radius 1 is 1.06 bits per heavy atom. The van der Waals surface area contributed by atoms with Crippen LogP contribution in [0.4, 0.5) is 16.0 Å². The van der Waals surface area contributed by atoms with Crippen LogP contribution in [0.1, 0.15) is 38.5 Å². The van der Waals surface area contributed by atoms with Gasteiger partial charge < -0.3 is 25.4 Å². The van der Waals surface area contributed by atoms with Gasteiger partial charge in [-0.1, -0.05) is 0 Å². The summed E-state index contributed by atoms with van der Waals surface area (Å²) < 4.78 is 25.1. The van der Waals surface area contributed by atoms with Crippen molar-refractivity contribution in [3.8, 4) is 11.4 Å². The van der Waals surface area contributed by atoms with E-state index in [0.717, 1.165) is 71.4 Å². The van der Waals surface area contributed by atoms with Gasteiger partial charge in [-0.15, -0.1) is 0 Å². The van der Waals surface area contributed by atoms with E-state index in [2.05, 4.69) is 30.9 Å². The van der Waals surface area contributed by atoms with Gasteiger partial charge in [0, 0.05) is 51.7 Å². The maximum Gasteiger partial charge on any atom is 0.164 e. The van der Waals surface area contributed by atoms with Crippen LogP contribution in [0.3, 0.4) is 0 Å². The number of methoxy groups -OCH3 is 1. The molecule has 3 N–H and O–H groups in total. The monoisotopic (exact) mass is 458 g/mol. The van der Waals surface area contributed by atoms with Crippen molar-refractivity contribution >= 4 is 11.6 Å². The van der Waals surface area contributed by atoms with E-state index < -0.39 is 5.82 Å². The first-order valence-corrected chi connectivity index (χ1v) is 12.0. The molecule has 2 fully saturated rings. The van der Waals surface area contributed by atoms with Crippen LogP contribution in [-0.2, 0) is 9.47 Å². The standard InChI is InChI=1S/C24H35FN6O2/c1-32-13-10-26-18-2-4-19(5-3-18)30-23-14-20(21(25)16-29-23)24-27-9-6-22(31-24)28-15-17-7-11-33-12-8-17/h6,9,14,16-19,26H,2-5,7-8,10-13,15H2,1H3,(H,29,30)(H,27,28,31). The minimum absolute atomic E-state index is 0.324. The van der Waals surface area contributed by atoms with Crippen molar-refractivity contribution in [1.29, 1.82) is 0 Å². The average molecular weight is 459 g/mol. The maximum atomic E-state index is 14.6. The maximum absolute atomic E-state index is 14.6. The molecule has 33 heavy (non-hydrogen) atoms. The molecule has 2 aromatic heterocycles. The van der Waals surface area contributed by atoms with Crippen LogP contribution in [0.15, 0.2) is 24.5 Å². The molecule has 2 aromatic rings. The minimum Gasteiger partial charge on any atom is -0.383 e. The van der Waals surface area contributed by atoms with E-state index in [1.54, 1.807) is 19.4 Å². The van der Waals surface area contributed by atoms with Gasteiger partial charge in [0.2, 0.25) is 0 Å². The highest BCUT2D eigenvalue weighted by Crippen LogP contribution is 2.26. The van der Waals surface area contributed by atoms with Crippen molar-refractivity contribution in [3.63, 3.8) is 0 Å². The molecule has 180 valence electrons. The van der Waals surface area contributed by atoms with Crippen LogP contribution < -0.4 is 16.0 Å². The van der Waals surface area contributed by atoms with Crippen molar-refractivity contribution in [3.05, 3.63) is 30.3 Å². The minimum atomic E-state index is -0.423. The van der Waals surface area contributed by atoms with Crippen molar-refractivity contribution < 1.29 is 13.9 Å². The first-order valence-electron chi connectivity index (χ1n) is 12.0. The lowest BCUT2D eigenvalue weighted by atomic mass is 9.91. The lowest BCUT2D eigenvalue weighted by molar-refractivity contribution is 0.0699.